The van der Waals surface area contributed by atoms with Gasteiger partial charge in [0.1, 0.15) is 106 Å². The van der Waals surface area contributed by atoms with Crippen LogP contribution in [0.3, 0.4) is 0 Å². The minimum absolute atomic E-state index is 0.0242. The van der Waals surface area contributed by atoms with Gasteiger partial charge in [-0.2, -0.15) is 0 Å². The fraction of sp³-hybridized carbons (Fsp3) is 0.366. The lowest BCUT2D eigenvalue weighted by Gasteiger charge is -2.09. The molecule has 6 aromatic carbocycles. The Labute approximate surface area is 699 Å². The molecule has 6 rings (SSSR count). The molecule has 122 heavy (non-hydrogen) atoms. The third-order valence-electron chi connectivity index (χ3n) is 13.8. The van der Waals surface area contributed by atoms with E-state index in [2.05, 4.69) is 18.9 Å². The van der Waals surface area contributed by atoms with Crippen molar-refractivity contribution in [1.29, 1.82) is 0 Å². The SMILES string of the molecule is CC(=O)OCCOC(=O)c1ccccc1C(=O)OCCOC=O.CC(=O)OCCOC(=O)c1ccccc1C(=O)OCCOC=O.COCCOC(=O)c1ccccc1C(=O)OCCOC.COCCOC(=O)c1ccccc1C(=O)OCCOC.O=C(OCCO)c1ccccc1C(=O)OCCO.O=C(OCCO)c1ccccc1C(=O)OCCO. The molecule has 0 saturated carbocycles. The molecule has 0 aliphatic carbocycles. The third-order valence-corrected chi connectivity index (χ3v) is 13.8. The van der Waals surface area contributed by atoms with Gasteiger partial charge < -0.3 is 115 Å². The normalized spacial score (nSPS) is 9.85. The third kappa shape index (κ3) is 44.9. The van der Waals surface area contributed by atoms with Gasteiger partial charge in [0, 0.05) is 42.3 Å². The molecule has 0 aliphatic heterocycles. The summed E-state index contributed by atoms with van der Waals surface area (Å²) in [5, 5.41) is 34.2. The number of hydrogen-bond acceptors (Lipinski definition) is 40. The highest BCUT2D eigenvalue weighted by Crippen LogP contribution is 2.18. The first-order chi connectivity index (χ1) is 58.9. The van der Waals surface area contributed by atoms with Crippen molar-refractivity contribution >= 4 is 96.5 Å². The summed E-state index contributed by atoms with van der Waals surface area (Å²) in [5.74, 6) is -9.10. The number of aliphatic hydroxyl groups excluding tert-OH is 4. The fourth-order valence-corrected chi connectivity index (χ4v) is 8.49. The number of methoxy groups -OCH3 is 4. The summed E-state index contributed by atoms with van der Waals surface area (Å²) < 4.78 is 95.7. The van der Waals surface area contributed by atoms with Gasteiger partial charge in [0.2, 0.25) is 0 Å². The van der Waals surface area contributed by atoms with Gasteiger partial charge in [0.25, 0.3) is 12.9 Å². The summed E-state index contributed by atoms with van der Waals surface area (Å²) in [6.45, 7) is 2.11. The fourth-order valence-electron chi connectivity index (χ4n) is 8.49. The van der Waals surface area contributed by atoms with E-state index in [4.69, 9.17) is 96.2 Å². The molecular weight excluding hydrogens is 1620 g/mol. The number of aliphatic hydroxyl groups is 4. The van der Waals surface area contributed by atoms with Gasteiger partial charge in [-0.15, -0.1) is 0 Å². The monoisotopic (exact) mass is 1720 g/mol. The second-order valence-electron chi connectivity index (χ2n) is 22.4. The van der Waals surface area contributed by atoms with Crippen LogP contribution in [0.5, 0.6) is 0 Å². The van der Waals surface area contributed by atoms with Crippen molar-refractivity contribution < 1.29 is 192 Å². The van der Waals surface area contributed by atoms with E-state index in [1.165, 1.54) is 115 Å². The lowest BCUT2D eigenvalue weighted by atomic mass is 10.1. The van der Waals surface area contributed by atoms with Crippen LogP contribution in [0.4, 0.5) is 0 Å². The largest absolute Gasteiger partial charge is 0.464 e. The summed E-state index contributed by atoms with van der Waals surface area (Å²) in [5.41, 5.74) is 1.04. The van der Waals surface area contributed by atoms with E-state index < -0.39 is 83.6 Å². The summed E-state index contributed by atoms with van der Waals surface area (Å²) in [7, 11) is 6.04. The number of hydrogen-bond donors (Lipinski definition) is 4. The Bertz CT molecular complexity index is 3790. The molecule has 0 unspecified atom stereocenters. The Morgan fingerprint density at radius 2 is 0.328 bits per heavy atom. The highest BCUT2D eigenvalue weighted by molar-refractivity contribution is 6.07. The van der Waals surface area contributed by atoms with E-state index in [0.29, 0.717) is 26.4 Å². The van der Waals surface area contributed by atoms with Crippen LogP contribution in [0.25, 0.3) is 0 Å². The number of carbonyl (C=O) groups excluding carboxylic acids is 16. The zero-order chi connectivity index (χ0) is 90.5. The van der Waals surface area contributed by atoms with Crippen LogP contribution in [0.2, 0.25) is 0 Å². The molecule has 0 heterocycles. The van der Waals surface area contributed by atoms with Crippen molar-refractivity contribution in [3.63, 3.8) is 0 Å². The first-order valence-electron chi connectivity index (χ1n) is 36.3. The molecule has 664 valence electrons. The molecular formula is C82H96O40. The molecule has 40 heteroatoms. The Kier molecular flexibility index (Phi) is 58.9. The molecule has 0 aromatic heterocycles. The van der Waals surface area contributed by atoms with Crippen LogP contribution < -0.4 is 0 Å². The van der Waals surface area contributed by atoms with Crippen LogP contribution in [-0.2, 0) is 114 Å². The quantitative estimate of drug-likeness (QED) is 0.0181. The van der Waals surface area contributed by atoms with Crippen molar-refractivity contribution in [3.05, 3.63) is 212 Å². The number of rotatable bonds is 46. The van der Waals surface area contributed by atoms with E-state index in [1.807, 2.05) is 0 Å². The van der Waals surface area contributed by atoms with Crippen LogP contribution in [0.15, 0.2) is 146 Å². The van der Waals surface area contributed by atoms with Crippen LogP contribution >= 0.6 is 0 Å². The van der Waals surface area contributed by atoms with Gasteiger partial charge in [-0.05, 0) is 72.8 Å². The molecule has 6 aromatic rings. The number of esters is 14. The van der Waals surface area contributed by atoms with Gasteiger partial charge in [0.15, 0.2) is 0 Å². The average molecular weight is 1720 g/mol. The van der Waals surface area contributed by atoms with Crippen LogP contribution in [-0.4, -0.2) is 304 Å². The molecule has 0 bridgehead atoms. The van der Waals surface area contributed by atoms with Crippen molar-refractivity contribution in [3.8, 4) is 0 Å². The van der Waals surface area contributed by atoms with Crippen molar-refractivity contribution in [2.45, 2.75) is 13.8 Å². The van der Waals surface area contributed by atoms with Gasteiger partial charge in [-0.25, -0.2) is 57.5 Å². The number of carbonyl (C=O) groups is 16. The predicted molar refractivity (Wildman–Crippen MR) is 415 cm³/mol. The summed E-state index contributed by atoms with van der Waals surface area (Å²) in [6.07, 6.45) is 0. The molecule has 0 atom stereocenters. The number of ether oxygens (including phenoxy) is 20. The topological polar surface area (TPSA) is 539 Å². The molecule has 0 radical (unpaired) electrons. The summed E-state index contributed by atoms with van der Waals surface area (Å²) in [4.78, 5) is 183. The Morgan fingerprint density at radius 3 is 0.451 bits per heavy atom. The van der Waals surface area contributed by atoms with Gasteiger partial charge in [0.05, 0.1) is 120 Å². The predicted octanol–water partition coefficient (Wildman–Crippen LogP) is 4.03. The molecule has 0 saturated heterocycles. The van der Waals surface area contributed by atoms with Crippen molar-refractivity contribution in [2.75, 3.05) is 187 Å². The molecule has 4 N–H and O–H groups in total. The van der Waals surface area contributed by atoms with Crippen LogP contribution in [0.1, 0.15) is 138 Å². The second kappa shape index (κ2) is 67.4. The molecule has 0 spiro atoms. The summed E-state index contributed by atoms with van der Waals surface area (Å²) in [6, 6.07) is 36.6. The first-order valence-corrected chi connectivity index (χ1v) is 36.3. The lowest BCUT2D eigenvalue weighted by Crippen LogP contribution is -2.17. The van der Waals surface area contributed by atoms with E-state index in [-0.39, 0.29) is 212 Å². The Balaban J connectivity index is 0.000000734. The van der Waals surface area contributed by atoms with E-state index in [9.17, 15) is 76.7 Å². The Morgan fingerprint density at radius 1 is 0.205 bits per heavy atom. The van der Waals surface area contributed by atoms with Gasteiger partial charge >= 0.3 is 83.6 Å². The maximum Gasteiger partial charge on any atom is 0.339 e. The molecule has 0 aliphatic rings. The highest BCUT2D eigenvalue weighted by Gasteiger charge is 2.25. The van der Waals surface area contributed by atoms with Crippen molar-refractivity contribution in [2.24, 2.45) is 0 Å². The summed E-state index contributed by atoms with van der Waals surface area (Å²) >= 11 is 0. The smallest absolute Gasteiger partial charge is 0.339 e. The van der Waals surface area contributed by atoms with E-state index in [1.54, 1.807) is 72.8 Å². The highest BCUT2D eigenvalue weighted by atomic mass is 16.6. The van der Waals surface area contributed by atoms with Crippen LogP contribution in [0, 0.1) is 0 Å². The maximum atomic E-state index is 11.9. The molecule has 0 fully saturated rings. The molecule has 0 amide bonds. The number of benzene rings is 6. The minimum Gasteiger partial charge on any atom is -0.464 e. The van der Waals surface area contributed by atoms with Gasteiger partial charge in [-0.1, -0.05) is 72.8 Å². The zero-order valence-electron chi connectivity index (χ0n) is 67.5. The Hall–Kier alpha value is -13.5. The van der Waals surface area contributed by atoms with Crippen molar-refractivity contribution in [1.82, 2.24) is 0 Å². The molecule has 40 nitrogen and oxygen atoms in total. The average Bonchev–Trinajstić information content (AvgIpc) is 0.878. The van der Waals surface area contributed by atoms with E-state index >= 15 is 0 Å². The first kappa shape index (κ1) is 107. The second-order valence-corrected chi connectivity index (χ2v) is 22.4. The standard InChI is InChI=1S/2C15H16O8.2C14H18O6.2C12H14O6/c2*1-11(17)21-8-9-23-15(19)13-5-3-2-4-12(13)14(18)22-7-6-20-10-16;2*1-17-7-9-19-13(15)11-5-3-4-6-12(11)14(16)20-10-8-18-2;2*13-5-7-17-11(15)9-3-1-2-4-10(9)12(16)18-8-6-14/h2*2-5,10H,6-9H2,1H3;2*3-6H,7-10H2,1-2H3;2*1-4,13-14H,5-8H2. The zero-order valence-corrected chi connectivity index (χ0v) is 67.5. The van der Waals surface area contributed by atoms with E-state index in [0.717, 1.165) is 0 Å². The lowest BCUT2D eigenvalue weighted by molar-refractivity contribution is -0.142. The maximum absolute atomic E-state index is 11.9. The minimum atomic E-state index is -0.743. The van der Waals surface area contributed by atoms with Gasteiger partial charge in [-0.3, -0.25) is 19.2 Å².